The van der Waals surface area contributed by atoms with E-state index in [4.69, 9.17) is 16.3 Å². The Kier molecular flexibility index (Phi) is 6.74. The minimum Gasteiger partial charge on any atom is -0.383 e. The standard InChI is InChI=1S/C15H24ClN5O/c1-3-17-15(19-8-10-22-2)20-12-6-9-21(11-12)14-13(16)5-4-7-18-14/h4-5,7,12H,3,6,8-11H2,1-2H3,(H2,17,19,20). The van der Waals surface area contributed by atoms with Gasteiger partial charge in [0, 0.05) is 39.0 Å². The van der Waals surface area contributed by atoms with E-state index in [1.165, 1.54) is 0 Å². The van der Waals surface area contributed by atoms with Gasteiger partial charge in [-0.25, -0.2) is 4.98 Å². The molecule has 0 amide bonds. The van der Waals surface area contributed by atoms with Crippen LogP contribution in [0.15, 0.2) is 23.3 Å². The average molecular weight is 326 g/mol. The Bertz CT molecular complexity index is 497. The molecule has 0 bridgehead atoms. The Morgan fingerprint density at radius 3 is 3.18 bits per heavy atom. The highest BCUT2D eigenvalue weighted by atomic mass is 35.5. The van der Waals surface area contributed by atoms with Gasteiger partial charge >= 0.3 is 0 Å². The maximum Gasteiger partial charge on any atom is 0.191 e. The predicted molar refractivity (Wildman–Crippen MR) is 90.9 cm³/mol. The minimum absolute atomic E-state index is 0.332. The topological polar surface area (TPSA) is 61.8 Å². The lowest BCUT2D eigenvalue weighted by atomic mass is 10.3. The third-order valence-electron chi connectivity index (χ3n) is 3.48. The normalized spacial score (nSPS) is 18.6. The van der Waals surface area contributed by atoms with Gasteiger partial charge < -0.3 is 20.3 Å². The first-order valence-corrected chi connectivity index (χ1v) is 8.01. The molecule has 2 heterocycles. The van der Waals surface area contributed by atoms with Crippen LogP contribution in [-0.4, -0.2) is 56.9 Å². The lowest BCUT2D eigenvalue weighted by Crippen LogP contribution is -2.44. The fourth-order valence-electron chi connectivity index (χ4n) is 2.44. The van der Waals surface area contributed by atoms with E-state index in [2.05, 4.69) is 32.4 Å². The molecule has 2 rings (SSSR count). The van der Waals surface area contributed by atoms with E-state index >= 15 is 0 Å². The van der Waals surface area contributed by atoms with Crippen molar-refractivity contribution in [3.63, 3.8) is 0 Å². The first kappa shape index (κ1) is 16.8. The second-order valence-electron chi connectivity index (χ2n) is 5.14. The number of halogens is 1. The smallest absolute Gasteiger partial charge is 0.191 e. The number of ether oxygens (including phenoxy) is 1. The molecule has 1 aliphatic rings. The third kappa shape index (κ3) is 4.74. The van der Waals surface area contributed by atoms with Crippen LogP contribution in [0.3, 0.4) is 0 Å². The highest BCUT2D eigenvalue weighted by Gasteiger charge is 2.25. The quantitative estimate of drug-likeness (QED) is 0.472. The van der Waals surface area contributed by atoms with Gasteiger partial charge in [-0.15, -0.1) is 0 Å². The van der Waals surface area contributed by atoms with Crippen LogP contribution in [0.1, 0.15) is 13.3 Å². The molecule has 122 valence electrons. The van der Waals surface area contributed by atoms with Crippen molar-refractivity contribution in [2.24, 2.45) is 4.99 Å². The van der Waals surface area contributed by atoms with Crippen LogP contribution in [0.5, 0.6) is 0 Å². The fourth-order valence-corrected chi connectivity index (χ4v) is 2.68. The molecule has 6 nitrogen and oxygen atoms in total. The molecule has 1 unspecified atom stereocenters. The minimum atomic E-state index is 0.332. The second kappa shape index (κ2) is 8.80. The van der Waals surface area contributed by atoms with Crippen LogP contribution in [0.25, 0.3) is 0 Å². The summed E-state index contributed by atoms with van der Waals surface area (Å²) >= 11 is 6.22. The number of nitrogens with zero attached hydrogens (tertiary/aromatic N) is 3. The van der Waals surface area contributed by atoms with Gasteiger partial charge in [0.15, 0.2) is 5.96 Å². The summed E-state index contributed by atoms with van der Waals surface area (Å²) in [6.07, 6.45) is 2.81. The predicted octanol–water partition coefficient (Wildman–Crippen LogP) is 1.52. The number of hydrogen-bond donors (Lipinski definition) is 2. The van der Waals surface area contributed by atoms with Gasteiger partial charge in [0.1, 0.15) is 5.82 Å². The van der Waals surface area contributed by atoms with E-state index in [1.807, 2.05) is 12.1 Å². The molecular formula is C15H24ClN5O. The molecule has 0 saturated carbocycles. The Morgan fingerprint density at radius 1 is 1.59 bits per heavy atom. The first-order valence-electron chi connectivity index (χ1n) is 7.63. The summed E-state index contributed by atoms with van der Waals surface area (Å²) in [5.41, 5.74) is 0. The van der Waals surface area contributed by atoms with E-state index in [9.17, 15) is 0 Å². The monoisotopic (exact) mass is 325 g/mol. The number of rotatable bonds is 6. The molecular weight excluding hydrogens is 302 g/mol. The second-order valence-corrected chi connectivity index (χ2v) is 5.55. The van der Waals surface area contributed by atoms with Crippen molar-refractivity contribution in [2.75, 3.05) is 44.8 Å². The van der Waals surface area contributed by atoms with Crippen LogP contribution in [-0.2, 0) is 4.74 Å². The van der Waals surface area contributed by atoms with E-state index in [1.54, 1.807) is 13.3 Å². The third-order valence-corrected chi connectivity index (χ3v) is 3.77. The summed E-state index contributed by atoms with van der Waals surface area (Å²) in [4.78, 5) is 11.1. The van der Waals surface area contributed by atoms with Gasteiger partial charge in [-0.3, -0.25) is 4.99 Å². The van der Waals surface area contributed by atoms with Gasteiger partial charge in [-0.2, -0.15) is 0 Å². The number of nitrogens with one attached hydrogen (secondary N) is 2. The van der Waals surface area contributed by atoms with Gasteiger partial charge in [-0.1, -0.05) is 11.6 Å². The Balaban J connectivity index is 1.91. The van der Waals surface area contributed by atoms with Crippen LogP contribution in [0, 0.1) is 0 Å². The molecule has 1 fully saturated rings. The molecule has 1 saturated heterocycles. The van der Waals surface area contributed by atoms with Gasteiger partial charge in [0.25, 0.3) is 0 Å². The molecule has 0 radical (unpaired) electrons. The number of pyridine rings is 1. The molecule has 1 aliphatic heterocycles. The summed E-state index contributed by atoms with van der Waals surface area (Å²) < 4.78 is 5.03. The SMILES string of the molecule is CCNC(=NCCOC)NC1CCN(c2ncccc2Cl)C1. The lowest BCUT2D eigenvalue weighted by Gasteiger charge is -2.20. The van der Waals surface area contributed by atoms with E-state index in [-0.39, 0.29) is 0 Å². The molecule has 0 aromatic carbocycles. The molecule has 22 heavy (non-hydrogen) atoms. The van der Waals surface area contributed by atoms with Crippen LogP contribution in [0.2, 0.25) is 5.02 Å². The lowest BCUT2D eigenvalue weighted by molar-refractivity contribution is 0.208. The number of methoxy groups -OCH3 is 1. The van der Waals surface area contributed by atoms with Crippen molar-refractivity contribution >= 4 is 23.4 Å². The number of hydrogen-bond acceptors (Lipinski definition) is 4. The fraction of sp³-hybridized carbons (Fsp3) is 0.600. The van der Waals surface area contributed by atoms with E-state index in [0.29, 0.717) is 24.2 Å². The van der Waals surface area contributed by atoms with Crippen molar-refractivity contribution in [3.05, 3.63) is 23.4 Å². The van der Waals surface area contributed by atoms with Crippen molar-refractivity contribution in [3.8, 4) is 0 Å². The van der Waals surface area contributed by atoms with Crippen molar-refractivity contribution in [1.82, 2.24) is 15.6 Å². The van der Waals surface area contributed by atoms with Gasteiger partial charge in [0.2, 0.25) is 0 Å². The number of guanidine groups is 1. The highest BCUT2D eigenvalue weighted by molar-refractivity contribution is 6.32. The van der Waals surface area contributed by atoms with Crippen molar-refractivity contribution in [2.45, 2.75) is 19.4 Å². The van der Waals surface area contributed by atoms with Crippen molar-refractivity contribution in [1.29, 1.82) is 0 Å². The summed E-state index contributed by atoms with van der Waals surface area (Å²) in [6, 6.07) is 4.06. The van der Waals surface area contributed by atoms with Crippen LogP contribution < -0.4 is 15.5 Å². The van der Waals surface area contributed by atoms with Gasteiger partial charge in [0.05, 0.1) is 18.2 Å². The van der Waals surface area contributed by atoms with E-state index < -0.39 is 0 Å². The summed E-state index contributed by atoms with van der Waals surface area (Å²) in [5, 5.41) is 7.42. The maximum atomic E-state index is 6.22. The molecule has 0 spiro atoms. The maximum absolute atomic E-state index is 6.22. The molecule has 1 aromatic rings. The zero-order valence-corrected chi connectivity index (χ0v) is 13.9. The number of anilines is 1. The summed E-state index contributed by atoms with van der Waals surface area (Å²) in [6.45, 7) is 5.96. The molecule has 1 atom stereocenters. The molecule has 1 aromatic heterocycles. The number of aliphatic imine (C=N–C) groups is 1. The molecule has 0 aliphatic carbocycles. The Hall–Kier alpha value is -1.53. The zero-order chi connectivity index (χ0) is 15.8. The number of aromatic nitrogens is 1. The Labute approximate surface area is 136 Å². The van der Waals surface area contributed by atoms with Crippen LogP contribution in [0.4, 0.5) is 5.82 Å². The molecule has 7 heteroatoms. The highest BCUT2D eigenvalue weighted by Crippen LogP contribution is 2.25. The largest absolute Gasteiger partial charge is 0.383 e. The Morgan fingerprint density at radius 2 is 2.45 bits per heavy atom. The summed E-state index contributed by atoms with van der Waals surface area (Å²) in [5.74, 6) is 1.69. The van der Waals surface area contributed by atoms with Crippen LogP contribution >= 0.6 is 11.6 Å². The van der Waals surface area contributed by atoms with Gasteiger partial charge in [-0.05, 0) is 25.5 Å². The zero-order valence-electron chi connectivity index (χ0n) is 13.2. The van der Waals surface area contributed by atoms with Crippen molar-refractivity contribution < 1.29 is 4.74 Å². The van der Waals surface area contributed by atoms with E-state index in [0.717, 1.165) is 37.8 Å². The molecule has 2 N–H and O–H groups in total. The average Bonchev–Trinajstić information content (AvgIpc) is 2.96. The first-order chi connectivity index (χ1) is 10.7. The summed E-state index contributed by atoms with van der Waals surface area (Å²) in [7, 11) is 1.68.